The van der Waals surface area contributed by atoms with Crippen molar-refractivity contribution in [1.82, 2.24) is 9.97 Å². The van der Waals surface area contributed by atoms with E-state index in [0.717, 1.165) is 11.1 Å². The average Bonchev–Trinajstić information content (AvgIpc) is 2.38. The second kappa shape index (κ2) is 5.22. The Morgan fingerprint density at radius 3 is 2.78 bits per heavy atom. The van der Waals surface area contributed by atoms with E-state index >= 15 is 0 Å². The Morgan fingerprint density at radius 2 is 2.11 bits per heavy atom. The minimum atomic E-state index is -0.498. The zero-order valence-electron chi connectivity index (χ0n) is 9.74. The standard InChI is InChI=1S/C12H11N3O3/c1-9-6-11(15(16)17)12(14-7-9)18-8-10-2-4-13-5-3-10/h2-7H,8H2,1H3. The maximum atomic E-state index is 10.9. The Labute approximate surface area is 103 Å². The molecule has 0 radical (unpaired) electrons. The Bertz CT molecular complexity index is 558. The molecule has 0 bridgehead atoms. The van der Waals surface area contributed by atoms with Crippen molar-refractivity contribution in [2.75, 3.05) is 0 Å². The molecule has 0 atom stereocenters. The van der Waals surface area contributed by atoms with E-state index in [1.807, 2.05) is 0 Å². The molecular formula is C12H11N3O3. The fraction of sp³-hybridized carbons (Fsp3) is 0.167. The summed E-state index contributed by atoms with van der Waals surface area (Å²) >= 11 is 0. The zero-order chi connectivity index (χ0) is 13.0. The lowest BCUT2D eigenvalue weighted by atomic mass is 10.3. The predicted molar refractivity (Wildman–Crippen MR) is 64.2 cm³/mol. The van der Waals surface area contributed by atoms with Crippen LogP contribution in [0.2, 0.25) is 0 Å². The van der Waals surface area contributed by atoms with E-state index in [4.69, 9.17) is 4.74 Å². The van der Waals surface area contributed by atoms with Crippen LogP contribution in [0, 0.1) is 17.0 Å². The van der Waals surface area contributed by atoms with Crippen molar-refractivity contribution in [3.63, 3.8) is 0 Å². The van der Waals surface area contributed by atoms with Crippen molar-refractivity contribution in [1.29, 1.82) is 0 Å². The van der Waals surface area contributed by atoms with Crippen molar-refractivity contribution in [2.45, 2.75) is 13.5 Å². The van der Waals surface area contributed by atoms with Gasteiger partial charge >= 0.3 is 5.69 Å². The summed E-state index contributed by atoms with van der Waals surface area (Å²) in [5, 5.41) is 10.9. The van der Waals surface area contributed by atoms with Crippen LogP contribution in [-0.2, 0) is 6.61 Å². The smallest absolute Gasteiger partial charge is 0.331 e. The molecule has 0 fully saturated rings. The fourth-order valence-corrected chi connectivity index (χ4v) is 1.41. The van der Waals surface area contributed by atoms with E-state index in [0.29, 0.717) is 0 Å². The molecule has 0 aliphatic heterocycles. The number of pyridine rings is 2. The van der Waals surface area contributed by atoms with E-state index in [-0.39, 0.29) is 18.2 Å². The number of rotatable bonds is 4. The molecule has 6 heteroatoms. The van der Waals surface area contributed by atoms with Crippen LogP contribution in [-0.4, -0.2) is 14.9 Å². The molecule has 2 rings (SSSR count). The van der Waals surface area contributed by atoms with Crippen LogP contribution in [0.1, 0.15) is 11.1 Å². The van der Waals surface area contributed by atoms with Crippen LogP contribution in [0.3, 0.4) is 0 Å². The lowest BCUT2D eigenvalue weighted by molar-refractivity contribution is -0.386. The van der Waals surface area contributed by atoms with Crippen LogP contribution in [0.5, 0.6) is 5.88 Å². The van der Waals surface area contributed by atoms with Crippen LogP contribution in [0.4, 0.5) is 5.69 Å². The van der Waals surface area contributed by atoms with Crippen molar-refractivity contribution >= 4 is 5.69 Å². The molecule has 0 spiro atoms. The Morgan fingerprint density at radius 1 is 1.39 bits per heavy atom. The van der Waals surface area contributed by atoms with E-state index in [9.17, 15) is 10.1 Å². The lowest BCUT2D eigenvalue weighted by Gasteiger charge is -2.05. The monoisotopic (exact) mass is 245 g/mol. The number of aromatic nitrogens is 2. The first-order valence-electron chi connectivity index (χ1n) is 5.29. The van der Waals surface area contributed by atoms with Gasteiger partial charge in [-0.3, -0.25) is 15.1 Å². The topological polar surface area (TPSA) is 78.2 Å². The molecule has 6 nitrogen and oxygen atoms in total. The first-order chi connectivity index (χ1) is 8.66. The summed E-state index contributed by atoms with van der Waals surface area (Å²) in [7, 11) is 0. The van der Waals surface area contributed by atoms with Gasteiger partial charge in [-0.1, -0.05) is 0 Å². The highest BCUT2D eigenvalue weighted by Gasteiger charge is 2.16. The lowest BCUT2D eigenvalue weighted by Crippen LogP contribution is -2.01. The maximum Gasteiger partial charge on any atom is 0.331 e. The van der Waals surface area contributed by atoms with Crippen molar-refractivity contribution in [2.24, 2.45) is 0 Å². The maximum absolute atomic E-state index is 10.9. The molecule has 0 N–H and O–H groups in total. The average molecular weight is 245 g/mol. The quantitative estimate of drug-likeness (QED) is 0.609. The molecule has 18 heavy (non-hydrogen) atoms. The minimum Gasteiger partial charge on any atom is -0.468 e. The van der Waals surface area contributed by atoms with E-state index in [1.54, 1.807) is 31.5 Å². The van der Waals surface area contributed by atoms with Gasteiger partial charge in [0.25, 0.3) is 5.88 Å². The van der Waals surface area contributed by atoms with Gasteiger partial charge in [0, 0.05) is 24.7 Å². The van der Waals surface area contributed by atoms with Gasteiger partial charge in [0.15, 0.2) is 0 Å². The second-order valence-electron chi connectivity index (χ2n) is 3.74. The zero-order valence-corrected chi connectivity index (χ0v) is 9.74. The molecule has 0 saturated carbocycles. The third kappa shape index (κ3) is 2.79. The molecule has 0 saturated heterocycles. The van der Waals surface area contributed by atoms with E-state index in [1.165, 1.54) is 12.3 Å². The first kappa shape index (κ1) is 12.0. The first-order valence-corrected chi connectivity index (χ1v) is 5.29. The molecule has 0 aromatic carbocycles. The van der Waals surface area contributed by atoms with Crippen LogP contribution < -0.4 is 4.74 Å². The Kier molecular flexibility index (Phi) is 3.47. The summed E-state index contributed by atoms with van der Waals surface area (Å²) in [5.41, 5.74) is 1.48. The second-order valence-corrected chi connectivity index (χ2v) is 3.74. The highest BCUT2D eigenvalue weighted by Crippen LogP contribution is 2.25. The van der Waals surface area contributed by atoms with E-state index in [2.05, 4.69) is 9.97 Å². The van der Waals surface area contributed by atoms with Gasteiger partial charge in [-0.05, 0) is 30.2 Å². The largest absolute Gasteiger partial charge is 0.468 e. The predicted octanol–water partition coefficient (Wildman–Crippen LogP) is 2.27. The van der Waals surface area contributed by atoms with E-state index < -0.39 is 4.92 Å². The fourth-order valence-electron chi connectivity index (χ4n) is 1.41. The van der Waals surface area contributed by atoms with Gasteiger partial charge in [-0.2, -0.15) is 0 Å². The minimum absolute atomic E-state index is 0.0300. The summed E-state index contributed by atoms with van der Waals surface area (Å²) in [6.45, 7) is 1.96. The summed E-state index contributed by atoms with van der Waals surface area (Å²) in [6.07, 6.45) is 4.81. The molecule has 0 amide bonds. The molecule has 2 heterocycles. The number of hydrogen-bond acceptors (Lipinski definition) is 5. The molecule has 92 valence electrons. The number of ether oxygens (including phenoxy) is 1. The summed E-state index contributed by atoms with van der Waals surface area (Å²) < 4.78 is 5.36. The summed E-state index contributed by atoms with van der Waals surface area (Å²) in [6, 6.07) is 4.99. The summed E-state index contributed by atoms with van der Waals surface area (Å²) in [5.74, 6) is 0.0300. The number of aryl methyl sites for hydroxylation is 1. The highest BCUT2D eigenvalue weighted by atomic mass is 16.6. The van der Waals surface area contributed by atoms with Gasteiger partial charge in [0.2, 0.25) is 0 Å². The van der Waals surface area contributed by atoms with Gasteiger partial charge in [-0.15, -0.1) is 0 Å². The molecular weight excluding hydrogens is 234 g/mol. The van der Waals surface area contributed by atoms with Crippen molar-refractivity contribution in [3.8, 4) is 5.88 Å². The number of hydrogen-bond donors (Lipinski definition) is 0. The van der Waals surface area contributed by atoms with Crippen LogP contribution >= 0.6 is 0 Å². The van der Waals surface area contributed by atoms with Gasteiger partial charge in [0.1, 0.15) is 6.61 Å². The van der Waals surface area contributed by atoms with Gasteiger partial charge in [0.05, 0.1) is 4.92 Å². The normalized spacial score (nSPS) is 10.1. The van der Waals surface area contributed by atoms with Crippen LogP contribution in [0.25, 0.3) is 0 Å². The van der Waals surface area contributed by atoms with Crippen LogP contribution in [0.15, 0.2) is 36.8 Å². The SMILES string of the molecule is Cc1cnc(OCc2ccncc2)c([N+](=O)[O-])c1. The molecule has 2 aromatic rings. The van der Waals surface area contributed by atoms with Gasteiger partial charge in [-0.25, -0.2) is 4.98 Å². The third-order valence-electron chi connectivity index (χ3n) is 2.29. The third-order valence-corrected chi connectivity index (χ3v) is 2.29. The van der Waals surface area contributed by atoms with Crippen molar-refractivity contribution < 1.29 is 9.66 Å². The molecule has 2 aromatic heterocycles. The number of nitro groups is 1. The molecule has 0 aliphatic rings. The Balaban J connectivity index is 2.17. The highest BCUT2D eigenvalue weighted by molar-refractivity contribution is 5.42. The van der Waals surface area contributed by atoms with Gasteiger partial charge < -0.3 is 4.74 Å². The Hall–Kier alpha value is -2.50. The number of nitrogens with zero attached hydrogens (tertiary/aromatic N) is 3. The summed E-state index contributed by atoms with van der Waals surface area (Å²) in [4.78, 5) is 18.2. The molecule has 0 unspecified atom stereocenters. The van der Waals surface area contributed by atoms with Crippen molar-refractivity contribution in [3.05, 3.63) is 58.0 Å². The molecule has 0 aliphatic carbocycles.